The van der Waals surface area contributed by atoms with E-state index in [2.05, 4.69) is 71.2 Å². The number of fused-ring (bicyclic) bond motifs is 2. The molecule has 0 fully saturated rings. The fourth-order valence-electron chi connectivity index (χ4n) is 4.72. The van der Waals surface area contributed by atoms with Crippen molar-refractivity contribution in [2.75, 3.05) is 12.4 Å². The zero-order chi connectivity index (χ0) is 34.3. The average molecular weight is 636 g/mol. The van der Waals surface area contributed by atoms with Crippen LogP contribution < -0.4 is 10.6 Å². The Bertz CT molecular complexity index is 2060. The summed E-state index contributed by atoms with van der Waals surface area (Å²) in [5.41, 5.74) is 8.06. The van der Waals surface area contributed by atoms with E-state index in [1.165, 1.54) is 18.3 Å². The second-order valence-electron chi connectivity index (χ2n) is 11.4. The van der Waals surface area contributed by atoms with E-state index in [1.807, 2.05) is 40.7 Å². The van der Waals surface area contributed by atoms with Crippen LogP contribution in [0.15, 0.2) is 86.3 Å². The second-order valence-corrected chi connectivity index (χ2v) is 11.4. The molecule has 6 rings (SSSR count). The Morgan fingerprint density at radius 3 is 2.40 bits per heavy atom. The van der Waals surface area contributed by atoms with E-state index in [0.29, 0.717) is 51.6 Å². The van der Waals surface area contributed by atoms with Crippen LogP contribution in [0.5, 0.6) is 0 Å². The lowest BCUT2D eigenvalue weighted by atomic mass is 9.93. The zero-order valence-electron chi connectivity index (χ0n) is 27.5. The number of pyridine rings is 3. The van der Waals surface area contributed by atoms with Gasteiger partial charge in [0.1, 0.15) is 17.3 Å². The predicted octanol–water partition coefficient (Wildman–Crippen LogP) is 8.58. The molecule has 0 saturated carbocycles. The number of imidazole rings is 1. The van der Waals surface area contributed by atoms with E-state index in [4.69, 9.17) is 0 Å². The minimum absolute atomic E-state index is 0.168. The number of aromatic nitrogens is 7. The van der Waals surface area contributed by atoms with Crippen LogP contribution in [-0.2, 0) is 6.54 Å². The maximum absolute atomic E-state index is 16.2. The molecule has 0 saturated heterocycles. The summed E-state index contributed by atoms with van der Waals surface area (Å²) in [7, 11) is 1.80. The fourth-order valence-corrected chi connectivity index (χ4v) is 4.72. The number of anilines is 1. The maximum Gasteiger partial charge on any atom is 0.184 e. The Labute approximate surface area is 273 Å². The molecule has 0 spiro atoms. The summed E-state index contributed by atoms with van der Waals surface area (Å²) >= 11 is 0. The van der Waals surface area contributed by atoms with Crippen molar-refractivity contribution in [2.45, 2.75) is 41.2 Å². The van der Waals surface area contributed by atoms with Gasteiger partial charge in [0.05, 0.1) is 22.8 Å². The van der Waals surface area contributed by atoms with Crippen LogP contribution in [0.1, 0.15) is 40.2 Å². The normalized spacial score (nSPS) is 10.9. The molecular formula is C36H39F2N9. The van der Waals surface area contributed by atoms with Crippen LogP contribution in [-0.4, -0.2) is 42.2 Å². The fraction of sp³-hybridized carbons (Fsp3) is 0.222. The third-order valence-corrected chi connectivity index (χ3v) is 7.05. The molecule has 1 aromatic carbocycles. The van der Waals surface area contributed by atoms with Gasteiger partial charge in [0.2, 0.25) is 0 Å². The average Bonchev–Trinajstić information content (AvgIpc) is 3.67. The van der Waals surface area contributed by atoms with Gasteiger partial charge >= 0.3 is 0 Å². The molecule has 0 radical (unpaired) electrons. The molecule has 47 heavy (non-hydrogen) atoms. The number of benzene rings is 1. The van der Waals surface area contributed by atoms with Crippen molar-refractivity contribution in [2.24, 2.45) is 5.41 Å². The molecule has 0 bridgehead atoms. The minimum atomic E-state index is -0.521. The van der Waals surface area contributed by atoms with Crippen LogP contribution in [0.4, 0.5) is 14.5 Å². The van der Waals surface area contributed by atoms with Crippen molar-refractivity contribution < 1.29 is 8.78 Å². The number of aromatic amines is 2. The largest absolute Gasteiger partial charge is 0.358 e. The topological polar surface area (TPSA) is 120 Å². The molecule has 5 aromatic heterocycles. The molecule has 0 aliphatic heterocycles. The molecular weight excluding hydrogens is 596 g/mol. The summed E-state index contributed by atoms with van der Waals surface area (Å²) in [4.78, 5) is 20.9. The summed E-state index contributed by atoms with van der Waals surface area (Å²) in [6.45, 7) is 21.0. The number of hydrogen-bond donors (Lipinski definition) is 4. The van der Waals surface area contributed by atoms with E-state index in [9.17, 15) is 4.39 Å². The predicted molar refractivity (Wildman–Crippen MR) is 186 cm³/mol. The van der Waals surface area contributed by atoms with Crippen LogP contribution in [0.25, 0.3) is 56.0 Å². The SMILES string of the molecule is C=C(Nc1cncc(-c2cnc3n[nH]c(-c4nc5nccc(-c6cc(F)cc(CNC)c6)c5[nH]4)c3c2F)c1)C(C)(C)C.C=C=C.CC. The third-order valence-electron chi connectivity index (χ3n) is 7.05. The van der Waals surface area contributed by atoms with Gasteiger partial charge in [0.25, 0.3) is 0 Å². The van der Waals surface area contributed by atoms with Gasteiger partial charge in [-0.15, -0.1) is 5.73 Å². The molecule has 242 valence electrons. The van der Waals surface area contributed by atoms with Crippen LogP contribution in [0.3, 0.4) is 0 Å². The lowest BCUT2D eigenvalue weighted by Crippen LogP contribution is -2.15. The Kier molecular flexibility index (Phi) is 10.8. The van der Waals surface area contributed by atoms with Gasteiger partial charge in [-0.3, -0.25) is 10.1 Å². The zero-order valence-corrected chi connectivity index (χ0v) is 27.5. The monoisotopic (exact) mass is 635 g/mol. The molecule has 0 aliphatic rings. The van der Waals surface area contributed by atoms with Crippen molar-refractivity contribution in [1.29, 1.82) is 0 Å². The first-order chi connectivity index (χ1) is 22.5. The highest BCUT2D eigenvalue weighted by Crippen LogP contribution is 2.35. The van der Waals surface area contributed by atoms with E-state index in [0.717, 1.165) is 11.3 Å². The number of hydrogen-bond acceptors (Lipinski definition) is 7. The number of H-pyrrole nitrogens is 2. The molecule has 0 atom stereocenters. The molecule has 11 heteroatoms. The highest BCUT2D eigenvalue weighted by Gasteiger charge is 2.22. The molecule has 9 nitrogen and oxygen atoms in total. The van der Waals surface area contributed by atoms with Crippen molar-refractivity contribution in [3.8, 4) is 33.8 Å². The molecule has 0 amide bonds. The maximum atomic E-state index is 16.2. The lowest BCUT2D eigenvalue weighted by molar-refractivity contribution is 0.509. The molecule has 4 N–H and O–H groups in total. The first-order valence-corrected chi connectivity index (χ1v) is 15.1. The van der Waals surface area contributed by atoms with Gasteiger partial charge in [-0.25, -0.2) is 23.7 Å². The van der Waals surface area contributed by atoms with Crippen molar-refractivity contribution in [3.63, 3.8) is 0 Å². The summed E-state index contributed by atoms with van der Waals surface area (Å²) in [5.74, 6) is -0.542. The number of allylic oxidation sites excluding steroid dienone is 1. The van der Waals surface area contributed by atoms with E-state index < -0.39 is 5.82 Å². The second kappa shape index (κ2) is 14.7. The molecule has 0 aliphatic carbocycles. The summed E-state index contributed by atoms with van der Waals surface area (Å²) in [6, 6.07) is 8.45. The molecule has 6 aromatic rings. The van der Waals surface area contributed by atoms with Gasteiger partial charge in [-0.1, -0.05) is 54.4 Å². The van der Waals surface area contributed by atoms with Gasteiger partial charge in [-0.2, -0.15) is 5.10 Å². The summed E-state index contributed by atoms with van der Waals surface area (Å²) < 4.78 is 30.7. The van der Waals surface area contributed by atoms with Crippen LogP contribution in [0.2, 0.25) is 0 Å². The highest BCUT2D eigenvalue weighted by atomic mass is 19.1. The third kappa shape index (κ3) is 7.49. The van der Waals surface area contributed by atoms with E-state index in [-0.39, 0.29) is 27.8 Å². The summed E-state index contributed by atoms with van der Waals surface area (Å²) in [5, 5.41) is 13.6. The van der Waals surface area contributed by atoms with Gasteiger partial charge in [0, 0.05) is 52.9 Å². The van der Waals surface area contributed by atoms with Gasteiger partial charge in [-0.05, 0) is 48.5 Å². The van der Waals surface area contributed by atoms with Crippen LogP contribution >= 0.6 is 0 Å². The highest BCUT2D eigenvalue weighted by molar-refractivity contribution is 5.96. The Morgan fingerprint density at radius 1 is 0.957 bits per heavy atom. The first-order valence-electron chi connectivity index (χ1n) is 15.1. The standard InChI is InChI=1S/C31H29F2N9.C3H4.C2H6/c1-16(31(2,3)4)38-21-11-19(13-35-14-21)23-15-37-28-24(25(23)33)27(41-42-28)30-39-26-22(6-7-36-29(26)40-30)18-8-17(12-34-5)9-20(32)10-18;1-3-2;1-2/h6-11,13-15,34,38H,1,12H2,2-5H3,(H,36,39,40)(H,37,41,42);1-2H2;1-2H3. The molecule has 5 heterocycles. The Balaban J connectivity index is 0.000000947. The minimum Gasteiger partial charge on any atom is -0.358 e. The number of nitrogens with zero attached hydrogens (tertiary/aromatic N) is 5. The van der Waals surface area contributed by atoms with Crippen LogP contribution in [0, 0.1) is 17.0 Å². The Morgan fingerprint density at radius 2 is 1.70 bits per heavy atom. The number of nitrogens with one attached hydrogen (secondary N) is 4. The first kappa shape index (κ1) is 34.4. The van der Waals surface area contributed by atoms with Crippen molar-refractivity contribution >= 4 is 27.9 Å². The van der Waals surface area contributed by atoms with E-state index in [1.54, 1.807) is 37.8 Å². The molecule has 0 unspecified atom stereocenters. The smallest absolute Gasteiger partial charge is 0.184 e. The van der Waals surface area contributed by atoms with Crippen molar-refractivity contribution in [1.82, 2.24) is 40.4 Å². The Hall–Kier alpha value is -5.51. The van der Waals surface area contributed by atoms with Gasteiger partial charge in [0.15, 0.2) is 17.1 Å². The van der Waals surface area contributed by atoms with Gasteiger partial charge < -0.3 is 15.6 Å². The number of halogens is 2. The lowest BCUT2D eigenvalue weighted by Gasteiger charge is -2.23. The van der Waals surface area contributed by atoms with E-state index >= 15 is 4.39 Å². The quantitative estimate of drug-likeness (QED) is 0.130. The van der Waals surface area contributed by atoms with Crippen molar-refractivity contribution in [3.05, 3.63) is 103 Å². The summed E-state index contributed by atoms with van der Waals surface area (Å²) in [6.07, 6.45) is 6.29. The number of rotatable bonds is 7.